The topological polar surface area (TPSA) is 85.0 Å². The molecule has 0 saturated carbocycles. The quantitative estimate of drug-likeness (QED) is 0.0133. The summed E-state index contributed by atoms with van der Waals surface area (Å²) in [4.78, 5) is 23.9. The van der Waals surface area contributed by atoms with E-state index in [1.54, 1.807) is 6.08 Å². The molecule has 0 aromatic heterocycles. The number of rotatable bonds is 24. The van der Waals surface area contributed by atoms with Gasteiger partial charge >= 0.3 is 5.97 Å². The summed E-state index contributed by atoms with van der Waals surface area (Å²) in [6.45, 7) is 8.33. The van der Waals surface area contributed by atoms with Crippen LogP contribution in [0.2, 0.25) is 0 Å². The van der Waals surface area contributed by atoms with Gasteiger partial charge in [-0.1, -0.05) is 94.5 Å². The number of hydrogen-bond acceptors (Lipinski definition) is 8. The largest absolute Gasteiger partial charge is 0.494 e. The molecule has 290 valence electrons. The molecule has 2 unspecified atom stereocenters. The summed E-state index contributed by atoms with van der Waals surface area (Å²) < 4.78 is 28.1. The molecular weight excluding hydrogens is 693 g/mol. The lowest BCUT2D eigenvalue weighted by Crippen LogP contribution is -2.04. The van der Waals surface area contributed by atoms with E-state index < -0.39 is 5.97 Å². The van der Waals surface area contributed by atoms with Crippen molar-refractivity contribution in [2.24, 2.45) is 0 Å². The van der Waals surface area contributed by atoms with Gasteiger partial charge in [-0.2, -0.15) is 4.89 Å². The lowest BCUT2D eigenvalue weighted by Gasteiger charge is -2.09. The molecule has 55 heavy (non-hydrogen) atoms. The molecule has 1 aliphatic heterocycles. The first-order valence-corrected chi connectivity index (χ1v) is 19.8. The number of fused-ring (bicyclic) bond motifs is 3. The summed E-state index contributed by atoms with van der Waals surface area (Å²) in [6.07, 6.45) is 16.8. The minimum atomic E-state index is -0.428. The molecule has 0 amide bonds. The minimum absolute atomic E-state index is 0.0953. The standard InChI is InChI=1S/C47H54O8/c1-3-4-5-6-7-8-28-50-39-20-15-37(16-21-39)17-26-47(48)54-40-22-24-43-44-25-23-41(32-46(44)35(2)45(43)31-40)55-53-30-11-12-36-13-18-38(19-14-36)51-29-10-9-27-49-33-42-34-52-42/h11-26,31-32,35,42H,3-10,27-30,33-34H2,1-2H3. The molecule has 1 fully saturated rings. The van der Waals surface area contributed by atoms with Gasteiger partial charge in [0, 0.05) is 18.6 Å². The Kier molecular flexibility index (Phi) is 15.4. The number of unbranched alkanes of at least 4 members (excludes halogenated alkanes) is 6. The molecule has 2 aliphatic rings. The van der Waals surface area contributed by atoms with Gasteiger partial charge in [0.2, 0.25) is 0 Å². The predicted octanol–water partition coefficient (Wildman–Crippen LogP) is 10.8. The highest BCUT2D eigenvalue weighted by atomic mass is 17.2. The number of epoxide rings is 1. The summed E-state index contributed by atoms with van der Waals surface area (Å²) in [5, 5.41) is 0. The Morgan fingerprint density at radius 1 is 0.691 bits per heavy atom. The Labute approximate surface area is 325 Å². The summed E-state index contributed by atoms with van der Waals surface area (Å²) >= 11 is 0. The zero-order chi connectivity index (χ0) is 38.1. The van der Waals surface area contributed by atoms with Crippen LogP contribution in [-0.4, -0.2) is 51.7 Å². The van der Waals surface area contributed by atoms with Gasteiger partial charge in [0.1, 0.15) is 30.0 Å². The van der Waals surface area contributed by atoms with Crippen molar-refractivity contribution in [2.45, 2.75) is 77.2 Å². The second kappa shape index (κ2) is 21.3. The van der Waals surface area contributed by atoms with Crippen molar-refractivity contribution >= 4 is 18.1 Å². The molecule has 8 heteroatoms. The lowest BCUT2D eigenvalue weighted by atomic mass is 9.99. The fourth-order valence-electron chi connectivity index (χ4n) is 6.51. The van der Waals surface area contributed by atoms with E-state index in [0.717, 1.165) is 84.0 Å². The zero-order valence-corrected chi connectivity index (χ0v) is 32.2. The number of hydrogen-bond donors (Lipinski definition) is 0. The fraction of sp³-hybridized carbons (Fsp3) is 0.383. The smallest absolute Gasteiger partial charge is 0.336 e. The minimum Gasteiger partial charge on any atom is -0.494 e. The van der Waals surface area contributed by atoms with Gasteiger partial charge in [-0.15, -0.1) is 0 Å². The van der Waals surface area contributed by atoms with Crippen LogP contribution in [0.15, 0.2) is 97.1 Å². The van der Waals surface area contributed by atoms with E-state index >= 15 is 0 Å². The molecule has 0 N–H and O–H groups in total. The molecule has 8 nitrogen and oxygen atoms in total. The first kappa shape index (κ1) is 39.8. The van der Waals surface area contributed by atoms with Gasteiger partial charge in [-0.05, 0) is 107 Å². The normalized spacial score (nSPS) is 15.6. The van der Waals surface area contributed by atoms with Gasteiger partial charge in [-0.3, -0.25) is 0 Å². The molecule has 1 heterocycles. The Balaban J connectivity index is 0.894. The van der Waals surface area contributed by atoms with Gasteiger partial charge in [0.15, 0.2) is 5.75 Å². The Hall–Kier alpha value is -4.89. The van der Waals surface area contributed by atoms with Crippen LogP contribution >= 0.6 is 0 Å². The molecule has 1 aliphatic carbocycles. The maximum absolute atomic E-state index is 12.7. The van der Waals surface area contributed by atoms with Crippen LogP contribution in [0.5, 0.6) is 23.0 Å². The highest BCUT2D eigenvalue weighted by molar-refractivity contribution is 5.89. The first-order chi connectivity index (χ1) is 27.1. The zero-order valence-electron chi connectivity index (χ0n) is 32.2. The Bertz CT molecular complexity index is 1840. The number of esters is 1. The fourth-order valence-corrected chi connectivity index (χ4v) is 6.51. The van der Waals surface area contributed by atoms with Crippen molar-refractivity contribution in [1.82, 2.24) is 0 Å². The molecule has 6 rings (SSSR count). The molecule has 1 saturated heterocycles. The summed E-state index contributed by atoms with van der Waals surface area (Å²) in [5.41, 5.74) is 6.43. The van der Waals surface area contributed by atoms with Crippen LogP contribution in [0.1, 0.15) is 93.4 Å². The van der Waals surface area contributed by atoms with E-state index in [0.29, 0.717) is 37.4 Å². The maximum Gasteiger partial charge on any atom is 0.336 e. The van der Waals surface area contributed by atoms with Crippen molar-refractivity contribution in [3.8, 4) is 34.1 Å². The summed E-state index contributed by atoms with van der Waals surface area (Å²) in [7, 11) is 0. The third-order valence-corrected chi connectivity index (χ3v) is 9.71. The molecule has 0 spiro atoms. The Morgan fingerprint density at radius 3 is 1.93 bits per heavy atom. The van der Waals surface area contributed by atoms with Crippen LogP contribution in [-0.2, 0) is 19.2 Å². The van der Waals surface area contributed by atoms with Gasteiger partial charge < -0.3 is 28.6 Å². The molecular formula is C47H54O8. The van der Waals surface area contributed by atoms with E-state index in [1.807, 2.05) is 97.1 Å². The van der Waals surface area contributed by atoms with Gasteiger partial charge in [-0.25, -0.2) is 4.79 Å². The SMILES string of the molecule is CCCCCCCCOc1ccc(C=CC(=O)Oc2ccc3c(c2)C(C)c2cc(OOCC=Cc4ccc(OCCCCOCC5CO5)cc4)ccc2-3)cc1. The van der Waals surface area contributed by atoms with Crippen molar-refractivity contribution < 1.29 is 38.3 Å². The van der Waals surface area contributed by atoms with Crippen LogP contribution in [0.25, 0.3) is 23.3 Å². The summed E-state index contributed by atoms with van der Waals surface area (Å²) in [6, 6.07) is 27.5. The van der Waals surface area contributed by atoms with E-state index in [1.165, 1.54) is 38.2 Å². The maximum atomic E-state index is 12.7. The third-order valence-electron chi connectivity index (χ3n) is 9.71. The van der Waals surface area contributed by atoms with Crippen molar-refractivity contribution in [3.05, 3.63) is 119 Å². The highest BCUT2D eigenvalue weighted by Crippen LogP contribution is 2.47. The van der Waals surface area contributed by atoms with Crippen LogP contribution in [0, 0.1) is 0 Å². The van der Waals surface area contributed by atoms with Gasteiger partial charge in [0.05, 0.1) is 26.4 Å². The average Bonchev–Trinajstić information content (AvgIpc) is 4.00. The van der Waals surface area contributed by atoms with Crippen LogP contribution in [0.4, 0.5) is 0 Å². The molecule has 4 aromatic rings. The van der Waals surface area contributed by atoms with Gasteiger partial charge in [0.25, 0.3) is 0 Å². The first-order valence-electron chi connectivity index (χ1n) is 19.8. The lowest BCUT2D eigenvalue weighted by molar-refractivity contribution is -0.195. The Morgan fingerprint density at radius 2 is 1.25 bits per heavy atom. The van der Waals surface area contributed by atoms with Crippen molar-refractivity contribution in [1.29, 1.82) is 0 Å². The number of carbonyl (C=O) groups is 1. The molecule has 0 bridgehead atoms. The molecule has 2 atom stereocenters. The summed E-state index contributed by atoms with van der Waals surface area (Å²) in [5.74, 6) is 2.50. The second-order valence-electron chi connectivity index (χ2n) is 14.1. The number of benzene rings is 4. The van der Waals surface area contributed by atoms with Crippen LogP contribution in [0.3, 0.4) is 0 Å². The van der Waals surface area contributed by atoms with E-state index in [9.17, 15) is 4.79 Å². The molecule has 4 aromatic carbocycles. The molecule has 0 radical (unpaired) electrons. The monoisotopic (exact) mass is 746 g/mol. The predicted molar refractivity (Wildman–Crippen MR) is 217 cm³/mol. The van der Waals surface area contributed by atoms with E-state index in [2.05, 4.69) is 13.8 Å². The number of ether oxygens (including phenoxy) is 5. The second-order valence-corrected chi connectivity index (χ2v) is 14.1. The van der Waals surface area contributed by atoms with Crippen molar-refractivity contribution in [3.63, 3.8) is 0 Å². The number of carbonyl (C=O) groups excluding carboxylic acids is 1. The highest BCUT2D eigenvalue weighted by Gasteiger charge is 2.27. The van der Waals surface area contributed by atoms with Crippen LogP contribution < -0.4 is 19.1 Å². The van der Waals surface area contributed by atoms with E-state index in [4.69, 9.17) is 33.5 Å². The third kappa shape index (κ3) is 12.8. The average molecular weight is 747 g/mol. The van der Waals surface area contributed by atoms with E-state index in [-0.39, 0.29) is 5.92 Å². The van der Waals surface area contributed by atoms with Crippen molar-refractivity contribution in [2.75, 3.05) is 39.6 Å².